The van der Waals surface area contributed by atoms with Crippen LogP contribution in [0.2, 0.25) is 0 Å². The van der Waals surface area contributed by atoms with E-state index in [9.17, 15) is 14.7 Å². The Hall–Kier alpha value is -1.69. The van der Waals surface area contributed by atoms with Crippen molar-refractivity contribution in [1.82, 2.24) is 15.1 Å². The molecule has 0 fully saturated rings. The van der Waals surface area contributed by atoms with Gasteiger partial charge in [0.1, 0.15) is 5.69 Å². The van der Waals surface area contributed by atoms with E-state index in [-0.39, 0.29) is 17.9 Å². The fraction of sp³-hybridized carbons (Fsp3) is 0.545. The van der Waals surface area contributed by atoms with Crippen LogP contribution in [0, 0.1) is 0 Å². The number of rotatable bonds is 4. The lowest BCUT2D eigenvalue weighted by molar-refractivity contribution is 0.0840. The predicted octanol–water partition coefficient (Wildman–Crippen LogP) is -0.329. The van der Waals surface area contributed by atoms with Crippen LogP contribution in [0.15, 0.2) is 16.9 Å². The van der Waals surface area contributed by atoms with Crippen molar-refractivity contribution >= 4 is 5.91 Å². The molecule has 1 rings (SSSR count). The van der Waals surface area contributed by atoms with Crippen LogP contribution in [-0.4, -0.2) is 32.9 Å². The van der Waals surface area contributed by atoms with E-state index in [1.165, 1.54) is 19.2 Å². The van der Waals surface area contributed by atoms with Crippen molar-refractivity contribution in [3.8, 4) is 0 Å². The SMILES string of the molecule is CCC(C)(CO)NC(=O)c1ccc(=O)n(C)n1. The van der Waals surface area contributed by atoms with Gasteiger partial charge >= 0.3 is 0 Å². The summed E-state index contributed by atoms with van der Waals surface area (Å²) in [5.74, 6) is -0.404. The first-order valence-electron chi connectivity index (χ1n) is 5.39. The molecule has 1 atom stereocenters. The average Bonchev–Trinajstić information content (AvgIpc) is 2.32. The van der Waals surface area contributed by atoms with Gasteiger partial charge in [-0.2, -0.15) is 5.10 Å². The Morgan fingerprint density at radius 1 is 1.59 bits per heavy atom. The van der Waals surface area contributed by atoms with Gasteiger partial charge in [-0.1, -0.05) is 6.92 Å². The average molecular weight is 239 g/mol. The number of aromatic nitrogens is 2. The molecule has 0 aliphatic rings. The van der Waals surface area contributed by atoms with Crippen molar-refractivity contribution in [2.45, 2.75) is 25.8 Å². The number of carbonyl (C=O) groups is 1. The van der Waals surface area contributed by atoms with Crippen LogP contribution >= 0.6 is 0 Å². The van der Waals surface area contributed by atoms with E-state index >= 15 is 0 Å². The summed E-state index contributed by atoms with van der Waals surface area (Å²) in [4.78, 5) is 23.0. The normalized spacial score (nSPS) is 14.1. The number of hydrogen-bond acceptors (Lipinski definition) is 4. The predicted molar refractivity (Wildman–Crippen MR) is 62.7 cm³/mol. The Morgan fingerprint density at radius 3 is 2.71 bits per heavy atom. The van der Waals surface area contributed by atoms with E-state index in [2.05, 4.69) is 10.4 Å². The van der Waals surface area contributed by atoms with Crippen LogP contribution in [0.25, 0.3) is 0 Å². The number of nitrogens with one attached hydrogen (secondary N) is 1. The Bertz CT molecular complexity index is 463. The number of aryl methyl sites for hydroxylation is 1. The molecular weight excluding hydrogens is 222 g/mol. The monoisotopic (exact) mass is 239 g/mol. The third kappa shape index (κ3) is 3.13. The molecule has 1 aromatic rings. The lowest BCUT2D eigenvalue weighted by atomic mass is 10.00. The molecule has 6 heteroatoms. The second-order valence-electron chi connectivity index (χ2n) is 4.21. The van der Waals surface area contributed by atoms with Crippen molar-refractivity contribution in [3.63, 3.8) is 0 Å². The molecule has 0 radical (unpaired) electrons. The van der Waals surface area contributed by atoms with Crippen LogP contribution in [0.3, 0.4) is 0 Å². The molecule has 2 N–H and O–H groups in total. The number of aliphatic hydroxyl groups excluding tert-OH is 1. The summed E-state index contributed by atoms with van der Waals surface area (Å²) in [7, 11) is 1.48. The van der Waals surface area contributed by atoms with Gasteiger partial charge in [0.05, 0.1) is 12.1 Å². The molecule has 17 heavy (non-hydrogen) atoms. The molecular formula is C11H17N3O3. The first-order valence-corrected chi connectivity index (χ1v) is 5.39. The highest BCUT2D eigenvalue weighted by atomic mass is 16.3. The van der Waals surface area contributed by atoms with Gasteiger partial charge in [-0.25, -0.2) is 4.68 Å². The summed E-state index contributed by atoms with van der Waals surface area (Å²) < 4.78 is 1.09. The molecule has 0 saturated heterocycles. The maximum atomic E-state index is 11.8. The molecule has 1 heterocycles. The molecule has 0 aromatic carbocycles. The number of aliphatic hydroxyl groups is 1. The van der Waals surface area contributed by atoms with Crippen LogP contribution < -0.4 is 10.9 Å². The quantitative estimate of drug-likeness (QED) is 0.753. The highest BCUT2D eigenvalue weighted by Gasteiger charge is 2.24. The fourth-order valence-corrected chi connectivity index (χ4v) is 1.20. The van der Waals surface area contributed by atoms with Crippen LogP contribution in [0.5, 0.6) is 0 Å². The van der Waals surface area contributed by atoms with Crippen LogP contribution in [0.4, 0.5) is 0 Å². The van der Waals surface area contributed by atoms with E-state index in [1.54, 1.807) is 6.92 Å². The van der Waals surface area contributed by atoms with Gasteiger partial charge in [0.15, 0.2) is 0 Å². The fourth-order valence-electron chi connectivity index (χ4n) is 1.20. The molecule has 6 nitrogen and oxygen atoms in total. The second-order valence-corrected chi connectivity index (χ2v) is 4.21. The molecule has 1 amide bonds. The van der Waals surface area contributed by atoms with Crippen LogP contribution in [0.1, 0.15) is 30.8 Å². The summed E-state index contributed by atoms with van der Waals surface area (Å²) in [6, 6.07) is 2.65. The topological polar surface area (TPSA) is 84.2 Å². The van der Waals surface area contributed by atoms with Crippen molar-refractivity contribution < 1.29 is 9.90 Å². The Morgan fingerprint density at radius 2 is 2.24 bits per heavy atom. The van der Waals surface area contributed by atoms with Gasteiger partial charge in [0.2, 0.25) is 0 Å². The molecule has 0 bridgehead atoms. The van der Waals surface area contributed by atoms with E-state index in [0.717, 1.165) is 4.68 Å². The molecule has 94 valence electrons. The maximum absolute atomic E-state index is 11.8. The van der Waals surface area contributed by atoms with Gasteiger partial charge in [-0.15, -0.1) is 0 Å². The van der Waals surface area contributed by atoms with Gasteiger partial charge in [0.25, 0.3) is 11.5 Å². The Kier molecular flexibility index (Phi) is 4.01. The van der Waals surface area contributed by atoms with Crippen molar-refractivity contribution in [2.75, 3.05) is 6.61 Å². The van der Waals surface area contributed by atoms with Gasteiger partial charge in [-0.3, -0.25) is 9.59 Å². The van der Waals surface area contributed by atoms with Crippen molar-refractivity contribution in [2.24, 2.45) is 7.05 Å². The van der Waals surface area contributed by atoms with Gasteiger partial charge in [-0.05, 0) is 19.4 Å². The third-order valence-corrected chi connectivity index (χ3v) is 2.74. The molecule has 0 aliphatic heterocycles. The van der Waals surface area contributed by atoms with E-state index in [1.807, 2.05) is 6.92 Å². The zero-order chi connectivity index (χ0) is 13.1. The van der Waals surface area contributed by atoms with E-state index in [4.69, 9.17) is 0 Å². The highest BCUT2D eigenvalue weighted by Crippen LogP contribution is 2.08. The Balaban J connectivity index is 2.90. The molecule has 0 aliphatic carbocycles. The minimum Gasteiger partial charge on any atom is -0.394 e. The highest BCUT2D eigenvalue weighted by molar-refractivity contribution is 5.92. The molecule has 1 unspecified atom stereocenters. The number of carbonyl (C=O) groups excluding carboxylic acids is 1. The first-order chi connectivity index (χ1) is 7.91. The smallest absolute Gasteiger partial charge is 0.272 e. The van der Waals surface area contributed by atoms with Gasteiger partial charge in [0, 0.05) is 13.1 Å². The van der Waals surface area contributed by atoms with Crippen molar-refractivity contribution in [3.05, 3.63) is 28.2 Å². The molecule has 0 spiro atoms. The standard InChI is InChI=1S/C11H17N3O3/c1-4-11(2,7-15)12-10(17)8-5-6-9(16)14(3)13-8/h5-6,15H,4,7H2,1-3H3,(H,12,17). The maximum Gasteiger partial charge on any atom is 0.272 e. The minimum absolute atomic E-state index is 0.152. The van der Waals surface area contributed by atoms with Gasteiger partial charge < -0.3 is 10.4 Å². The summed E-state index contributed by atoms with van der Waals surface area (Å²) in [5.41, 5.74) is -0.796. The lowest BCUT2D eigenvalue weighted by Gasteiger charge is -2.26. The minimum atomic E-state index is -0.673. The lowest BCUT2D eigenvalue weighted by Crippen LogP contribution is -2.48. The second kappa shape index (κ2) is 5.09. The summed E-state index contributed by atoms with van der Waals surface area (Å²) in [6.45, 7) is 3.46. The number of hydrogen-bond donors (Lipinski definition) is 2. The third-order valence-electron chi connectivity index (χ3n) is 2.74. The largest absolute Gasteiger partial charge is 0.394 e. The summed E-state index contributed by atoms with van der Waals surface area (Å²) >= 11 is 0. The number of nitrogens with zero attached hydrogens (tertiary/aromatic N) is 2. The zero-order valence-electron chi connectivity index (χ0n) is 10.2. The molecule has 0 saturated carbocycles. The van der Waals surface area contributed by atoms with Crippen molar-refractivity contribution in [1.29, 1.82) is 0 Å². The first kappa shape index (κ1) is 13.4. The van der Waals surface area contributed by atoms with Crippen LogP contribution in [-0.2, 0) is 7.05 Å². The van der Waals surface area contributed by atoms with E-state index < -0.39 is 11.4 Å². The van der Waals surface area contributed by atoms with E-state index in [0.29, 0.717) is 6.42 Å². The number of amides is 1. The Labute approximate surface area is 99.3 Å². The summed E-state index contributed by atoms with van der Waals surface area (Å²) in [5, 5.41) is 15.7. The zero-order valence-corrected chi connectivity index (χ0v) is 10.2. The summed E-state index contributed by atoms with van der Waals surface area (Å²) in [6.07, 6.45) is 0.598. The molecule has 1 aromatic heterocycles.